The summed E-state index contributed by atoms with van der Waals surface area (Å²) in [7, 11) is 1.98. The number of rotatable bonds is 11. The molecule has 48 heavy (non-hydrogen) atoms. The molecule has 2 fully saturated rings. The first-order chi connectivity index (χ1) is 23.2. The van der Waals surface area contributed by atoms with Crippen LogP contribution in [0.25, 0.3) is 0 Å². The van der Waals surface area contributed by atoms with E-state index in [0.29, 0.717) is 43.9 Å². The number of piperazine rings is 1. The molecule has 3 heterocycles. The van der Waals surface area contributed by atoms with Crippen molar-refractivity contribution >= 4 is 40.8 Å². The smallest absolute Gasteiger partial charge is 0.265 e. The minimum absolute atomic E-state index is 0.0511. The lowest BCUT2D eigenvalue weighted by Gasteiger charge is -2.36. The number of nitrogens with one attached hydrogen (secondary N) is 3. The highest BCUT2D eigenvalue weighted by Gasteiger charge is 2.35. The second kappa shape index (κ2) is 16.2. The van der Waals surface area contributed by atoms with Gasteiger partial charge in [0.15, 0.2) is 0 Å². The third-order valence-electron chi connectivity index (χ3n) is 9.39. The number of anilines is 1. The Bertz CT molecular complexity index is 1570. The van der Waals surface area contributed by atoms with Crippen molar-refractivity contribution in [2.75, 3.05) is 38.5 Å². The number of amides is 4. The molecule has 1 saturated carbocycles. The van der Waals surface area contributed by atoms with Gasteiger partial charge in [0, 0.05) is 32.1 Å². The van der Waals surface area contributed by atoms with Gasteiger partial charge >= 0.3 is 0 Å². The summed E-state index contributed by atoms with van der Waals surface area (Å²) in [4.78, 5) is 57.8. The molecule has 1 aliphatic heterocycles. The van der Waals surface area contributed by atoms with E-state index in [1.165, 1.54) is 24.6 Å². The van der Waals surface area contributed by atoms with E-state index in [0.717, 1.165) is 50.1 Å². The number of nitrogens with zero attached hydrogens (tertiary/aromatic N) is 5. The minimum atomic E-state index is -0.983. The van der Waals surface area contributed by atoms with Crippen LogP contribution in [0.5, 0.6) is 0 Å². The molecule has 4 amide bonds. The molecule has 3 atom stereocenters. The van der Waals surface area contributed by atoms with Gasteiger partial charge in [-0.05, 0) is 61.5 Å². The molecule has 0 bridgehead atoms. The number of hydrogen-bond acceptors (Lipinski definition) is 10. The van der Waals surface area contributed by atoms with Gasteiger partial charge in [-0.15, -0.1) is 5.10 Å². The highest BCUT2D eigenvalue weighted by molar-refractivity contribution is 7.07. The number of carbonyl (C=O) groups is 4. The Hall–Kier alpha value is -4.24. The minimum Gasteiger partial charge on any atom is -0.364 e. The summed E-state index contributed by atoms with van der Waals surface area (Å²) in [5, 5.41) is 16.0. The van der Waals surface area contributed by atoms with Crippen LogP contribution in [0.2, 0.25) is 0 Å². The van der Waals surface area contributed by atoms with Crippen LogP contribution in [-0.2, 0) is 16.0 Å². The Balaban J connectivity index is 1.34. The molecule has 3 N–H and O–H groups in total. The van der Waals surface area contributed by atoms with Crippen LogP contribution in [0.4, 0.5) is 10.1 Å². The standard InChI is InChI=1S/C33H43FN8O5S/c1-4-25-23(19-47-39-25)30(43)38-29(21-9-7-5-6-8-10-21)32(45)36-26-12-11-22(17-24(26)34)20(2)28(37-31(44)27-18-35-40-48-27)33(46)42-15-13-41(3)14-16-42/h11-12,17-21,28-29H,4-10,13-16H2,1-3H3,(H,36,45)(H,37,44)(H,38,43)/t20-,28+,29-/m0/s1. The van der Waals surface area contributed by atoms with E-state index >= 15 is 4.39 Å². The molecule has 2 aliphatic rings. The fraction of sp³-hybridized carbons (Fsp3) is 0.545. The van der Waals surface area contributed by atoms with Gasteiger partial charge in [0.1, 0.15) is 34.6 Å². The summed E-state index contributed by atoms with van der Waals surface area (Å²) in [6.07, 6.45) is 8.58. The van der Waals surface area contributed by atoms with Gasteiger partial charge in [0.05, 0.1) is 17.6 Å². The van der Waals surface area contributed by atoms with E-state index in [1.54, 1.807) is 17.9 Å². The van der Waals surface area contributed by atoms with E-state index in [2.05, 4.69) is 35.6 Å². The van der Waals surface area contributed by atoms with E-state index in [-0.39, 0.29) is 28.0 Å². The molecule has 258 valence electrons. The number of likely N-dealkylation sites (N-methyl/N-ethyl adjacent to an activating group) is 1. The molecule has 3 aromatic rings. The van der Waals surface area contributed by atoms with E-state index < -0.39 is 41.5 Å². The van der Waals surface area contributed by atoms with Crippen molar-refractivity contribution in [3.8, 4) is 0 Å². The number of aromatic nitrogens is 3. The molecule has 1 aliphatic carbocycles. The van der Waals surface area contributed by atoms with Crippen LogP contribution in [0.1, 0.15) is 89.6 Å². The lowest BCUT2D eigenvalue weighted by Crippen LogP contribution is -2.55. The summed E-state index contributed by atoms with van der Waals surface area (Å²) >= 11 is 0.917. The molecular formula is C33H43FN8O5S. The predicted octanol–water partition coefficient (Wildman–Crippen LogP) is 3.61. The van der Waals surface area contributed by atoms with Crippen molar-refractivity contribution in [2.45, 2.75) is 76.8 Å². The van der Waals surface area contributed by atoms with Crippen LogP contribution >= 0.6 is 11.5 Å². The average Bonchev–Trinajstić information content (AvgIpc) is 3.74. The third-order valence-corrected chi connectivity index (χ3v) is 10.1. The van der Waals surface area contributed by atoms with Gasteiger partial charge in [0.2, 0.25) is 11.8 Å². The monoisotopic (exact) mass is 682 g/mol. The zero-order chi connectivity index (χ0) is 34.2. The number of aryl methyl sites for hydroxylation is 1. The molecule has 0 radical (unpaired) electrons. The summed E-state index contributed by atoms with van der Waals surface area (Å²) in [6.45, 7) is 6.02. The lowest BCUT2D eigenvalue weighted by atomic mass is 9.90. The second-order valence-corrected chi connectivity index (χ2v) is 13.4. The molecule has 0 spiro atoms. The van der Waals surface area contributed by atoms with Crippen LogP contribution < -0.4 is 16.0 Å². The number of hydrogen-bond donors (Lipinski definition) is 3. The van der Waals surface area contributed by atoms with Crippen molar-refractivity contribution in [1.29, 1.82) is 0 Å². The summed E-state index contributed by atoms with van der Waals surface area (Å²) in [5.74, 6) is -3.17. The third kappa shape index (κ3) is 8.42. The first-order valence-electron chi connectivity index (χ1n) is 16.6. The molecule has 1 aromatic carbocycles. The van der Waals surface area contributed by atoms with Gasteiger partial charge in [0.25, 0.3) is 11.8 Å². The summed E-state index contributed by atoms with van der Waals surface area (Å²) in [6, 6.07) is 2.48. The molecular weight excluding hydrogens is 639 g/mol. The first kappa shape index (κ1) is 35.1. The Morgan fingerprint density at radius 3 is 2.42 bits per heavy atom. The van der Waals surface area contributed by atoms with Crippen LogP contribution in [0.15, 0.2) is 35.2 Å². The van der Waals surface area contributed by atoms with Crippen LogP contribution in [0.3, 0.4) is 0 Å². The van der Waals surface area contributed by atoms with E-state index in [4.69, 9.17) is 4.52 Å². The number of halogens is 1. The van der Waals surface area contributed by atoms with Gasteiger partial charge in [-0.2, -0.15) is 0 Å². The predicted molar refractivity (Wildman–Crippen MR) is 177 cm³/mol. The van der Waals surface area contributed by atoms with Gasteiger partial charge in [-0.25, -0.2) is 4.39 Å². The van der Waals surface area contributed by atoms with Crippen molar-refractivity contribution in [2.24, 2.45) is 5.92 Å². The zero-order valence-corrected chi connectivity index (χ0v) is 28.4. The highest BCUT2D eigenvalue weighted by Crippen LogP contribution is 2.29. The fourth-order valence-corrected chi connectivity index (χ4v) is 6.80. The van der Waals surface area contributed by atoms with Gasteiger partial charge in [-0.3, -0.25) is 19.2 Å². The number of benzene rings is 1. The van der Waals surface area contributed by atoms with Crippen LogP contribution in [0, 0.1) is 11.7 Å². The Kier molecular flexibility index (Phi) is 11.9. The van der Waals surface area contributed by atoms with E-state index in [9.17, 15) is 19.2 Å². The highest BCUT2D eigenvalue weighted by atomic mass is 32.1. The maximum absolute atomic E-state index is 15.7. The second-order valence-electron chi connectivity index (χ2n) is 12.6. The molecule has 2 aromatic heterocycles. The Morgan fingerprint density at radius 1 is 1.04 bits per heavy atom. The Morgan fingerprint density at radius 2 is 1.77 bits per heavy atom. The molecule has 1 saturated heterocycles. The zero-order valence-electron chi connectivity index (χ0n) is 27.5. The van der Waals surface area contributed by atoms with Gasteiger partial charge in [-0.1, -0.05) is 55.2 Å². The molecule has 15 heteroatoms. The topological polar surface area (TPSA) is 163 Å². The largest absolute Gasteiger partial charge is 0.364 e. The number of carbonyl (C=O) groups excluding carboxylic acids is 4. The normalized spacial score (nSPS) is 18.0. The van der Waals surface area contributed by atoms with Crippen molar-refractivity contribution in [3.63, 3.8) is 0 Å². The average molecular weight is 683 g/mol. The quantitative estimate of drug-likeness (QED) is 0.257. The summed E-state index contributed by atoms with van der Waals surface area (Å²) in [5.41, 5.74) is 1.18. The fourth-order valence-electron chi connectivity index (χ4n) is 6.38. The van der Waals surface area contributed by atoms with Crippen molar-refractivity contribution < 1.29 is 28.1 Å². The maximum atomic E-state index is 15.7. The van der Waals surface area contributed by atoms with E-state index in [1.807, 2.05) is 14.0 Å². The SMILES string of the molecule is CCc1nocc1C(=O)N[C@H](C(=O)Nc1ccc([C@H](C)[C@@H](NC(=O)c2cnns2)C(=O)N2CCN(C)CC2)cc1F)C1CCCCCC1. The molecule has 5 rings (SSSR count). The first-order valence-corrected chi connectivity index (χ1v) is 17.3. The molecule has 13 nitrogen and oxygen atoms in total. The van der Waals surface area contributed by atoms with Crippen LogP contribution in [-0.4, -0.2) is 93.5 Å². The maximum Gasteiger partial charge on any atom is 0.265 e. The van der Waals surface area contributed by atoms with Crippen molar-refractivity contribution in [3.05, 3.63) is 58.2 Å². The Labute approximate surface area is 283 Å². The van der Waals surface area contributed by atoms with Crippen molar-refractivity contribution in [1.82, 2.24) is 35.2 Å². The summed E-state index contributed by atoms with van der Waals surface area (Å²) < 4.78 is 24.5. The van der Waals surface area contributed by atoms with Gasteiger partial charge < -0.3 is 30.3 Å². The lowest BCUT2D eigenvalue weighted by molar-refractivity contribution is -0.135. The molecule has 0 unspecified atom stereocenters.